The highest BCUT2D eigenvalue weighted by Gasteiger charge is 2.01. The van der Waals surface area contributed by atoms with Crippen molar-refractivity contribution in [3.8, 4) is 0 Å². The third-order valence-corrected chi connectivity index (χ3v) is 5.45. The molecule has 0 aliphatic carbocycles. The van der Waals surface area contributed by atoms with Crippen LogP contribution in [0.4, 0.5) is 0 Å². The van der Waals surface area contributed by atoms with Gasteiger partial charge in [0.2, 0.25) is 0 Å². The number of hydrogen-bond donors (Lipinski definition) is 1. The molecule has 0 heterocycles. The summed E-state index contributed by atoms with van der Waals surface area (Å²) < 4.78 is 74.5. The minimum Gasteiger partial charge on any atom is -0.480 e. The number of carbonyl (C=O) groups excluding carboxylic acids is 1. The van der Waals surface area contributed by atoms with E-state index in [0.717, 1.165) is 0 Å². The lowest BCUT2D eigenvalue weighted by molar-refractivity contribution is -0.144. The first-order valence-corrected chi connectivity index (χ1v) is 16.5. The van der Waals surface area contributed by atoms with Crippen molar-refractivity contribution in [2.75, 3.05) is 178 Å². The summed E-state index contributed by atoms with van der Waals surface area (Å²) in [6.45, 7) is 13.0. The molecular weight excluding hydrogens is 644 g/mol. The Morgan fingerprint density at radius 2 is 0.562 bits per heavy atom. The molecule has 0 rings (SSSR count). The minimum absolute atomic E-state index is 0.237. The van der Waals surface area contributed by atoms with E-state index in [1.54, 1.807) is 6.92 Å². The lowest BCUT2D eigenvalue weighted by Crippen LogP contribution is -2.16. The van der Waals surface area contributed by atoms with Crippen LogP contribution >= 0.6 is 0 Å². The predicted molar refractivity (Wildman–Crippen MR) is 170 cm³/mol. The fourth-order valence-electron chi connectivity index (χ4n) is 3.19. The average molecular weight is 705 g/mol. The zero-order chi connectivity index (χ0) is 34.9. The number of rotatable bonds is 42. The Hall–Kier alpha value is -1.58. The van der Waals surface area contributed by atoms with Gasteiger partial charge in [0.25, 0.3) is 0 Å². The number of carbonyl (C=O) groups is 2. The molecule has 0 aromatic rings. The summed E-state index contributed by atoms with van der Waals surface area (Å²) in [6, 6.07) is 0. The molecule has 0 amide bonds. The Balaban J connectivity index is 3.07. The summed E-state index contributed by atoms with van der Waals surface area (Å²) in [5.41, 5.74) is 0. The van der Waals surface area contributed by atoms with E-state index < -0.39 is 5.97 Å². The molecule has 286 valence electrons. The molecule has 0 fully saturated rings. The van der Waals surface area contributed by atoms with Gasteiger partial charge in [-0.15, -0.1) is 0 Å². The maximum atomic E-state index is 11.1. The van der Waals surface area contributed by atoms with Gasteiger partial charge in [0.15, 0.2) is 0 Å². The lowest BCUT2D eigenvalue weighted by atomic mass is 10.5. The second-order valence-electron chi connectivity index (χ2n) is 9.35. The average Bonchev–Trinajstić information content (AvgIpc) is 3.07. The van der Waals surface area contributed by atoms with Crippen LogP contribution in [0.5, 0.6) is 0 Å². The Morgan fingerprint density at radius 3 is 0.771 bits per heavy atom. The first-order chi connectivity index (χ1) is 23.7. The number of aliphatic carboxylic acids is 1. The molecule has 0 saturated carbocycles. The van der Waals surface area contributed by atoms with Gasteiger partial charge in [-0.2, -0.15) is 0 Å². The van der Waals surface area contributed by atoms with Gasteiger partial charge in [-0.3, -0.25) is 4.79 Å². The molecule has 48 heavy (non-hydrogen) atoms. The highest BCUT2D eigenvalue weighted by atomic mass is 16.6. The summed E-state index contributed by atoms with van der Waals surface area (Å²) in [5, 5.41) is 8.42. The van der Waals surface area contributed by atoms with Gasteiger partial charge >= 0.3 is 11.9 Å². The Morgan fingerprint density at radius 1 is 0.354 bits per heavy atom. The van der Waals surface area contributed by atoms with Gasteiger partial charge in [-0.05, 0) is 6.92 Å². The van der Waals surface area contributed by atoms with E-state index in [4.69, 9.17) is 71.4 Å². The topological polar surface area (TPSA) is 184 Å². The monoisotopic (exact) mass is 704 g/mol. The van der Waals surface area contributed by atoms with Crippen LogP contribution < -0.4 is 0 Å². The van der Waals surface area contributed by atoms with Crippen molar-refractivity contribution in [3.63, 3.8) is 0 Å². The van der Waals surface area contributed by atoms with Gasteiger partial charge in [-0.1, -0.05) is 0 Å². The third kappa shape index (κ3) is 42.4. The SMILES string of the molecule is CCOC(=O)CCOCCOCCOCCOCCOCCOCCOCCOCCOCCOCCOCCOCCOCC(=O)O. The molecule has 0 atom stereocenters. The minimum atomic E-state index is -1.000. The molecule has 0 aromatic heterocycles. The van der Waals surface area contributed by atoms with E-state index in [1.165, 1.54) is 0 Å². The Bertz CT molecular complexity index is 659. The number of esters is 1. The van der Waals surface area contributed by atoms with Gasteiger partial charge in [0, 0.05) is 0 Å². The molecule has 0 bridgehead atoms. The van der Waals surface area contributed by atoms with Crippen molar-refractivity contribution in [2.45, 2.75) is 13.3 Å². The van der Waals surface area contributed by atoms with Gasteiger partial charge in [0.05, 0.1) is 178 Å². The quantitative estimate of drug-likeness (QED) is 0.0673. The van der Waals surface area contributed by atoms with Crippen LogP contribution in [0.1, 0.15) is 13.3 Å². The van der Waals surface area contributed by atoms with Gasteiger partial charge in [-0.25, -0.2) is 4.79 Å². The van der Waals surface area contributed by atoms with Crippen LogP contribution in [-0.4, -0.2) is 195 Å². The second kappa shape index (κ2) is 41.6. The first kappa shape index (κ1) is 46.4. The Labute approximate surface area is 284 Å². The van der Waals surface area contributed by atoms with Gasteiger partial charge < -0.3 is 71.4 Å². The van der Waals surface area contributed by atoms with Crippen LogP contribution in [0.3, 0.4) is 0 Å². The number of carboxylic acid groups (broad SMARTS) is 1. The zero-order valence-corrected chi connectivity index (χ0v) is 28.8. The van der Waals surface area contributed by atoms with Crippen molar-refractivity contribution in [3.05, 3.63) is 0 Å². The van der Waals surface area contributed by atoms with E-state index in [9.17, 15) is 9.59 Å². The summed E-state index contributed by atoms with van der Waals surface area (Å²) >= 11 is 0. The van der Waals surface area contributed by atoms with Crippen molar-refractivity contribution in [1.29, 1.82) is 0 Å². The molecule has 1 N–H and O–H groups in total. The number of hydrogen-bond acceptors (Lipinski definition) is 16. The highest BCUT2D eigenvalue weighted by Crippen LogP contribution is 1.90. The van der Waals surface area contributed by atoms with Crippen molar-refractivity contribution >= 4 is 11.9 Å². The van der Waals surface area contributed by atoms with Crippen LogP contribution in [0, 0.1) is 0 Å². The summed E-state index contributed by atoms with van der Waals surface area (Å²) in [4.78, 5) is 21.4. The fourth-order valence-corrected chi connectivity index (χ4v) is 3.19. The van der Waals surface area contributed by atoms with E-state index in [-0.39, 0.29) is 25.6 Å². The Kier molecular flexibility index (Phi) is 40.2. The second-order valence-corrected chi connectivity index (χ2v) is 9.35. The van der Waals surface area contributed by atoms with Crippen molar-refractivity contribution < 1.29 is 81.0 Å². The zero-order valence-electron chi connectivity index (χ0n) is 28.8. The van der Waals surface area contributed by atoms with E-state index in [2.05, 4.69) is 0 Å². The molecule has 0 aromatic carbocycles. The summed E-state index contributed by atoms with van der Waals surface area (Å²) in [7, 11) is 0. The maximum absolute atomic E-state index is 11.1. The molecule has 0 saturated heterocycles. The predicted octanol–water partition coefficient (Wildman–Crippen LogP) is 0.240. The number of carboxylic acids is 1. The third-order valence-electron chi connectivity index (χ3n) is 5.45. The highest BCUT2D eigenvalue weighted by molar-refractivity contribution is 5.69. The van der Waals surface area contributed by atoms with E-state index in [0.29, 0.717) is 165 Å². The molecule has 0 radical (unpaired) electrons. The number of ether oxygens (including phenoxy) is 14. The largest absolute Gasteiger partial charge is 0.480 e. The van der Waals surface area contributed by atoms with E-state index in [1.807, 2.05) is 0 Å². The fraction of sp³-hybridized carbons (Fsp3) is 0.935. The molecule has 0 aliphatic rings. The van der Waals surface area contributed by atoms with E-state index >= 15 is 0 Å². The molecule has 17 nitrogen and oxygen atoms in total. The van der Waals surface area contributed by atoms with Crippen LogP contribution in [-0.2, 0) is 75.9 Å². The van der Waals surface area contributed by atoms with Crippen LogP contribution in [0.2, 0.25) is 0 Å². The van der Waals surface area contributed by atoms with Crippen LogP contribution in [0.15, 0.2) is 0 Å². The molecule has 0 spiro atoms. The summed E-state index contributed by atoms with van der Waals surface area (Å²) in [6.07, 6.45) is 0.250. The normalized spacial score (nSPS) is 11.4. The molecular formula is C31H60O17. The molecule has 17 heteroatoms. The lowest BCUT2D eigenvalue weighted by Gasteiger charge is -2.09. The van der Waals surface area contributed by atoms with Crippen molar-refractivity contribution in [1.82, 2.24) is 0 Å². The van der Waals surface area contributed by atoms with Crippen molar-refractivity contribution in [2.24, 2.45) is 0 Å². The van der Waals surface area contributed by atoms with Crippen LogP contribution in [0.25, 0.3) is 0 Å². The first-order valence-electron chi connectivity index (χ1n) is 16.5. The van der Waals surface area contributed by atoms with Gasteiger partial charge in [0.1, 0.15) is 6.61 Å². The maximum Gasteiger partial charge on any atom is 0.329 e. The smallest absolute Gasteiger partial charge is 0.329 e. The molecule has 0 aliphatic heterocycles. The summed E-state index contributed by atoms with van der Waals surface area (Å²) in [5.74, 6) is -1.26. The standard InChI is InChI=1S/C31H60O17/c1-2-48-31(34)3-4-35-5-6-36-7-8-37-9-10-38-11-12-39-13-14-40-15-16-41-17-18-42-19-20-43-21-22-44-23-24-45-25-26-46-27-28-47-29-30(32)33/h2-29H2,1H3,(H,32,33). The molecule has 0 unspecified atom stereocenters.